The number of piperazine rings is 1. The van der Waals surface area contributed by atoms with Crippen LogP contribution in [0.25, 0.3) is 10.7 Å². The van der Waals surface area contributed by atoms with Crippen LogP contribution in [0.1, 0.15) is 120 Å². The molecule has 26 N–H and O–H groups in total. The van der Waals surface area contributed by atoms with Gasteiger partial charge in [0.1, 0.15) is 94.6 Å². The van der Waals surface area contributed by atoms with Crippen LogP contribution in [-0.4, -0.2) is 314 Å². The van der Waals surface area contributed by atoms with Crippen LogP contribution in [0.4, 0.5) is 10.6 Å². The summed E-state index contributed by atoms with van der Waals surface area (Å²) in [6.07, 6.45) is -23.4. The largest absolute Gasteiger partial charge is 0.441 e. The minimum atomic E-state index is -2.20. The standard InChI is InChI=1S/C61H88N18O21S2.C10H16Br2N2O2/c1-24-39(76-52(79-50(24)64)31(16-37(63)83)71-17-30(62)51(65)89)56(93)78-41(47(32-18-67-23-72-32)98-60-49(45(87)43(85)35(19-80)97-60)99-59-46(88)48(100-61(66)95)44(86)36(20-81)96-59)57(94)73-27(4)42(84)25(2)53(90)77-40(28(5)82)55(92)70-15-12-38-74-34(22-101-38)58-75-33(21-102-58)54(91)69-14-9-13-68-26(3)29-10-7-6-8-11-29;11-3-1-9(15)13-5-7-14(8-6-13)10(16)2-4-12/h6-8,10-11,18,21-23,25-28,30-31,35-36,40-49,59-60,68,71,80-82,84-88H,9,12-17,19-20,62H2,1-5H3,(H2,63,83)(H2,65,89)(H2,66,95)(H,67,72)(H,69,91)(H,70,92)(H,73,94)(H,77,90)(H,78,93)(H2,64,76,79);1-8H2/t25?,26-,27?,28?,30?,31?,35-,36+,40?,41?,42?,43+,44+,45-,46-,47?,48-,49-,59+,60-;/m0./s1. The predicted octanol–water partition coefficient (Wildman–Crippen LogP) is -5.00. The van der Waals surface area contributed by atoms with Crippen LogP contribution < -0.4 is 65.9 Å². The van der Waals surface area contributed by atoms with Crippen LogP contribution >= 0.6 is 54.5 Å². The normalized spacial score (nSPS) is 22.5. The van der Waals surface area contributed by atoms with Crippen LogP contribution in [0, 0.1) is 12.8 Å². The average Bonchev–Trinajstić information content (AvgIpc) is 1.46. The molecule has 0 saturated carbocycles. The number of aromatic nitrogens is 6. The number of imidazole rings is 1. The highest BCUT2D eigenvalue weighted by Crippen LogP contribution is 2.35. The van der Waals surface area contributed by atoms with E-state index in [4.69, 9.17) is 52.4 Å². The van der Waals surface area contributed by atoms with E-state index in [0.29, 0.717) is 84.9 Å². The van der Waals surface area contributed by atoms with Gasteiger partial charge in [0.2, 0.25) is 41.4 Å². The van der Waals surface area contributed by atoms with Gasteiger partial charge in [-0.15, -0.1) is 22.7 Å². The fourth-order valence-electron chi connectivity index (χ4n) is 12.4. The third kappa shape index (κ3) is 27.2. The summed E-state index contributed by atoms with van der Waals surface area (Å²) in [5.74, 6) is -8.41. The monoisotopic (exact) mass is 1830 g/mol. The molecule has 0 aliphatic carbocycles. The van der Waals surface area contributed by atoms with Gasteiger partial charge in [-0.3, -0.25) is 43.2 Å². The quantitative estimate of drug-likeness (QED) is 0.0129. The number of ether oxygens (including phenoxy) is 5. The predicted molar refractivity (Wildman–Crippen MR) is 428 cm³/mol. The number of benzene rings is 1. The highest BCUT2D eigenvalue weighted by atomic mass is 79.9. The van der Waals surface area contributed by atoms with Gasteiger partial charge in [0, 0.05) is 105 Å². The summed E-state index contributed by atoms with van der Waals surface area (Å²) in [5, 5.41) is 113. The van der Waals surface area contributed by atoms with Crippen LogP contribution in [0.15, 0.2) is 53.6 Å². The van der Waals surface area contributed by atoms with Crippen LogP contribution in [-0.2, 0) is 63.7 Å². The van der Waals surface area contributed by atoms with E-state index in [0.717, 1.165) is 18.1 Å². The van der Waals surface area contributed by atoms with Gasteiger partial charge in [-0.05, 0) is 46.2 Å². The first-order chi connectivity index (χ1) is 56.1. The molecule has 43 nitrogen and oxygen atoms in total. The summed E-state index contributed by atoms with van der Waals surface area (Å²) < 4.78 is 28.8. The van der Waals surface area contributed by atoms with Crippen molar-refractivity contribution in [1.82, 2.24) is 76.9 Å². The Morgan fingerprint density at radius 1 is 0.712 bits per heavy atom. The van der Waals surface area contributed by atoms with Crippen LogP contribution in [0.2, 0.25) is 0 Å². The van der Waals surface area contributed by atoms with Crippen LogP contribution in [0.3, 0.4) is 0 Å². The number of nitrogen functional groups attached to an aromatic ring is 1. The van der Waals surface area contributed by atoms with Crippen molar-refractivity contribution >= 4 is 120 Å². The lowest BCUT2D eigenvalue weighted by Crippen LogP contribution is -2.65. The third-order valence-electron chi connectivity index (χ3n) is 19.3. The molecule has 0 spiro atoms. The molecule has 118 heavy (non-hydrogen) atoms. The Morgan fingerprint density at radius 2 is 1.36 bits per heavy atom. The lowest BCUT2D eigenvalue weighted by molar-refractivity contribution is -0.372. The van der Waals surface area contributed by atoms with Gasteiger partial charge < -0.3 is 145 Å². The first-order valence-electron chi connectivity index (χ1n) is 37.5. The van der Waals surface area contributed by atoms with E-state index in [1.165, 1.54) is 50.4 Å². The number of amides is 10. The number of nitrogens with two attached hydrogens (primary N) is 5. The topological polar surface area (TPSA) is 680 Å². The number of aliphatic hydroxyl groups excluding tert-OH is 8. The van der Waals surface area contributed by atoms with E-state index in [1.54, 1.807) is 10.8 Å². The fraction of sp³-hybridized carbons (Fsp3) is 0.592. The molecule has 3 aliphatic rings. The van der Waals surface area contributed by atoms with Crippen molar-refractivity contribution in [2.24, 2.45) is 28.9 Å². The number of nitrogens with zero attached hydrogens (tertiary/aromatic N) is 7. The number of nitrogens with one attached hydrogen (secondary N) is 8. The zero-order valence-electron chi connectivity index (χ0n) is 65.1. The summed E-state index contributed by atoms with van der Waals surface area (Å²) in [6, 6.07) is 2.26. The SMILES string of the molecule is Cc1c(N)nc(C(CC(N)=O)NCC(N)C(N)=O)nc1C(=O)NC(C(=O)NC(C)C(O)C(C)C(=O)NC(C(=O)NCCc1nc(-c2nc(C(=O)NCCCN[C@@H](C)c3ccccc3)cs2)cs1)C(C)O)C(O[C@@H]1O[C@@H](CO)[C@@H](O)[C@H](O)[C@@H]1O[C@H]1O[C@H](CO)[C@@H](O)[C@H](OC(N)=O)[C@@H]1O)c1cnc[nH]1.O=C(CCBr)N1CCN(C(=O)CCBr)CC1. The van der Waals surface area contributed by atoms with Gasteiger partial charge in [-0.1, -0.05) is 69.1 Å². The molecule has 0 radical (unpaired) electrons. The molecule has 4 aromatic heterocycles. The van der Waals surface area contributed by atoms with Crippen molar-refractivity contribution in [3.63, 3.8) is 0 Å². The van der Waals surface area contributed by atoms with E-state index in [1.807, 2.05) is 40.1 Å². The van der Waals surface area contributed by atoms with Gasteiger partial charge in [0.25, 0.3) is 11.8 Å². The smallest absolute Gasteiger partial charge is 0.404 e. The Kier molecular flexibility index (Phi) is 38.3. The number of aromatic amines is 1. The Morgan fingerprint density at radius 3 is 1.95 bits per heavy atom. The molecule has 20 atom stereocenters. The number of H-pyrrole nitrogens is 1. The fourth-order valence-corrected chi connectivity index (χ4v) is 14.7. The van der Waals surface area contributed by atoms with E-state index in [-0.39, 0.29) is 71.9 Å². The lowest BCUT2D eigenvalue weighted by Gasteiger charge is -2.47. The molecule has 3 saturated heterocycles. The molecule has 8 rings (SSSR count). The second-order valence-corrected chi connectivity index (χ2v) is 31.2. The second kappa shape index (κ2) is 46.9. The lowest BCUT2D eigenvalue weighted by atomic mass is 9.96. The van der Waals surface area contributed by atoms with E-state index in [9.17, 15) is 84.0 Å². The van der Waals surface area contributed by atoms with E-state index < -0.39 is 183 Å². The summed E-state index contributed by atoms with van der Waals surface area (Å²) in [7, 11) is 0. The molecule has 3 aliphatic heterocycles. The van der Waals surface area contributed by atoms with Crippen molar-refractivity contribution in [1.29, 1.82) is 0 Å². The second-order valence-electron chi connectivity index (χ2n) is 27.9. The summed E-state index contributed by atoms with van der Waals surface area (Å²) in [5.41, 5.74) is 29.2. The number of halogens is 2. The number of carbonyl (C=O) groups excluding carboxylic acids is 10. The molecule has 3 fully saturated rings. The maximum absolute atomic E-state index is 15.2. The van der Waals surface area contributed by atoms with Gasteiger partial charge in [-0.2, -0.15) is 0 Å². The maximum Gasteiger partial charge on any atom is 0.404 e. The van der Waals surface area contributed by atoms with E-state index in [2.05, 4.69) is 106 Å². The van der Waals surface area contributed by atoms with Crippen molar-refractivity contribution < 1.29 is 112 Å². The van der Waals surface area contributed by atoms with Crippen molar-refractivity contribution in [3.8, 4) is 10.7 Å². The number of hydrogen-bond donors (Lipinski definition) is 21. The minimum Gasteiger partial charge on any atom is -0.441 e. The Hall–Kier alpha value is -8.57. The molecule has 0 bridgehead atoms. The molecule has 7 heterocycles. The summed E-state index contributed by atoms with van der Waals surface area (Å²) in [6.45, 7) is 8.47. The van der Waals surface area contributed by atoms with Gasteiger partial charge in [-0.25, -0.2) is 29.7 Å². The highest BCUT2D eigenvalue weighted by molar-refractivity contribution is 9.09. The summed E-state index contributed by atoms with van der Waals surface area (Å²) in [4.78, 5) is 158. The zero-order chi connectivity index (χ0) is 86.8. The van der Waals surface area contributed by atoms with E-state index >= 15 is 4.79 Å². The molecule has 652 valence electrons. The first-order valence-corrected chi connectivity index (χ1v) is 41.5. The Labute approximate surface area is 702 Å². The molecule has 1 aromatic carbocycles. The number of aliphatic hydroxyl groups is 8. The first kappa shape index (κ1) is 96.6. The third-order valence-corrected chi connectivity index (χ3v) is 21.8. The molecule has 9 unspecified atom stereocenters. The Bertz CT molecular complexity index is 4100. The number of anilines is 1. The van der Waals surface area contributed by atoms with Crippen molar-refractivity contribution in [2.45, 2.75) is 183 Å². The maximum atomic E-state index is 15.2. The number of primary amides is 3. The molecule has 5 aromatic rings. The van der Waals surface area contributed by atoms with Crippen molar-refractivity contribution in [2.75, 3.05) is 82.0 Å². The van der Waals surface area contributed by atoms with Crippen LogP contribution in [0.5, 0.6) is 0 Å². The molecule has 47 heteroatoms. The van der Waals surface area contributed by atoms with Crippen molar-refractivity contribution in [3.05, 3.63) is 92.7 Å². The minimum absolute atomic E-state index is 0.0169. The number of rotatable bonds is 41. The number of alkyl halides is 2. The number of hydrogen-bond acceptors (Lipinski definition) is 34. The summed E-state index contributed by atoms with van der Waals surface area (Å²) >= 11 is 9.01. The number of thiazole rings is 2. The van der Waals surface area contributed by atoms with Gasteiger partial charge >= 0.3 is 6.09 Å². The molecular formula is C71H104Br2N20O23S2. The average molecular weight is 1830 g/mol. The van der Waals surface area contributed by atoms with Gasteiger partial charge in [0.05, 0.1) is 72.7 Å². The highest BCUT2D eigenvalue weighted by Gasteiger charge is 2.54. The molecule has 10 amide bonds. The number of carbonyl (C=O) groups is 10. The Balaban J connectivity index is 0.00000107. The molecular weight excluding hydrogens is 1720 g/mol. The van der Waals surface area contributed by atoms with Gasteiger partial charge in [0.15, 0.2) is 18.7 Å². The zero-order valence-corrected chi connectivity index (χ0v) is 69.9.